The lowest BCUT2D eigenvalue weighted by molar-refractivity contribution is -0.117. The molecule has 0 unspecified atom stereocenters. The molecule has 0 fully saturated rings. The second-order valence-electron chi connectivity index (χ2n) is 3.49. The predicted octanol–water partition coefficient (Wildman–Crippen LogP) is 2.51. The van der Waals surface area contributed by atoms with Gasteiger partial charge in [-0.1, -0.05) is 15.9 Å². The Kier molecular flexibility index (Phi) is 5.80. The molecule has 1 amide bonds. The maximum absolute atomic E-state index is 11.6. The number of anilines is 1. The molecule has 1 aromatic rings. The summed E-state index contributed by atoms with van der Waals surface area (Å²) in [6.07, 6.45) is 0.194. The molecule has 0 aliphatic rings. The molecule has 0 bridgehead atoms. The Balaban J connectivity index is 2.73. The third-order valence-corrected chi connectivity index (χ3v) is 2.66. The van der Waals surface area contributed by atoms with Crippen molar-refractivity contribution in [1.29, 1.82) is 0 Å². The number of nitrogens with one attached hydrogen (secondary N) is 1. The van der Waals surface area contributed by atoms with Gasteiger partial charge in [0.2, 0.25) is 5.91 Å². The fourth-order valence-corrected chi connectivity index (χ4v) is 1.69. The van der Waals surface area contributed by atoms with Crippen LogP contribution in [0.3, 0.4) is 0 Å². The molecule has 1 aromatic carbocycles. The molecule has 0 aromatic heterocycles. The minimum Gasteiger partial charge on any atom is -0.478 e. The summed E-state index contributed by atoms with van der Waals surface area (Å²) in [6.45, 7) is 2.71. The summed E-state index contributed by atoms with van der Waals surface area (Å²) in [7, 11) is 0. The van der Waals surface area contributed by atoms with Crippen LogP contribution in [0.5, 0.6) is 0 Å². The molecule has 0 saturated heterocycles. The van der Waals surface area contributed by atoms with Crippen LogP contribution in [0, 0.1) is 0 Å². The number of carboxylic acids is 1. The summed E-state index contributed by atoms with van der Waals surface area (Å²) in [4.78, 5) is 22.6. The standard InChI is InChI=1S/C12H14BrNO4/c1-2-18-6-5-11(15)14-10-7-8(13)3-4-9(10)12(16)17/h3-4,7H,2,5-6H2,1H3,(H,14,15)(H,16,17). The van der Waals surface area contributed by atoms with E-state index in [0.29, 0.717) is 17.7 Å². The first-order valence-corrected chi connectivity index (χ1v) is 6.24. The van der Waals surface area contributed by atoms with Crippen LogP contribution < -0.4 is 5.32 Å². The number of rotatable bonds is 6. The molecule has 2 N–H and O–H groups in total. The van der Waals surface area contributed by atoms with Crippen molar-refractivity contribution in [2.24, 2.45) is 0 Å². The third-order valence-electron chi connectivity index (χ3n) is 2.16. The highest BCUT2D eigenvalue weighted by Gasteiger charge is 2.12. The van der Waals surface area contributed by atoms with Crippen molar-refractivity contribution in [3.05, 3.63) is 28.2 Å². The number of carbonyl (C=O) groups excluding carboxylic acids is 1. The average Bonchev–Trinajstić information content (AvgIpc) is 2.29. The molecular formula is C12H14BrNO4. The van der Waals surface area contributed by atoms with E-state index < -0.39 is 5.97 Å². The SMILES string of the molecule is CCOCCC(=O)Nc1cc(Br)ccc1C(=O)O. The van der Waals surface area contributed by atoms with Crippen LogP contribution >= 0.6 is 15.9 Å². The number of halogens is 1. The van der Waals surface area contributed by atoms with Crippen molar-refractivity contribution in [1.82, 2.24) is 0 Å². The van der Waals surface area contributed by atoms with Gasteiger partial charge in [0.05, 0.1) is 24.3 Å². The monoisotopic (exact) mass is 315 g/mol. The van der Waals surface area contributed by atoms with E-state index in [1.807, 2.05) is 6.92 Å². The first kappa shape index (κ1) is 14.7. The lowest BCUT2D eigenvalue weighted by Crippen LogP contribution is -2.16. The van der Waals surface area contributed by atoms with Crippen LogP contribution in [-0.4, -0.2) is 30.2 Å². The van der Waals surface area contributed by atoms with Gasteiger partial charge in [-0.05, 0) is 25.1 Å². The Hall–Kier alpha value is -1.40. The number of ether oxygens (including phenoxy) is 1. The normalized spacial score (nSPS) is 10.1. The van der Waals surface area contributed by atoms with Gasteiger partial charge in [0.15, 0.2) is 0 Å². The average molecular weight is 316 g/mol. The van der Waals surface area contributed by atoms with Crippen LogP contribution in [0.2, 0.25) is 0 Å². The van der Waals surface area contributed by atoms with Crippen LogP contribution in [0.25, 0.3) is 0 Å². The van der Waals surface area contributed by atoms with E-state index in [4.69, 9.17) is 9.84 Å². The smallest absolute Gasteiger partial charge is 0.337 e. The molecule has 0 aliphatic heterocycles. The molecule has 98 valence electrons. The number of carboxylic acid groups (broad SMARTS) is 1. The summed E-state index contributed by atoms with van der Waals surface area (Å²) >= 11 is 3.23. The van der Waals surface area contributed by atoms with Crippen LogP contribution in [0.15, 0.2) is 22.7 Å². The quantitative estimate of drug-likeness (QED) is 0.791. The number of hydrogen-bond donors (Lipinski definition) is 2. The summed E-state index contributed by atoms with van der Waals surface area (Å²) in [5.41, 5.74) is 0.335. The maximum Gasteiger partial charge on any atom is 0.337 e. The van der Waals surface area contributed by atoms with Gasteiger partial charge in [-0.25, -0.2) is 4.79 Å². The van der Waals surface area contributed by atoms with Crippen molar-refractivity contribution in [2.45, 2.75) is 13.3 Å². The largest absolute Gasteiger partial charge is 0.478 e. The lowest BCUT2D eigenvalue weighted by atomic mass is 10.2. The highest BCUT2D eigenvalue weighted by Crippen LogP contribution is 2.21. The number of aromatic carboxylic acids is 1. The van der Waals surface area contributed by atoms with E-state index >= 15 is 0 Å². The fourth-order valence-electron chi connectivity index (χ4n) is 1.33. The zero-order valence-corrected chi connectivity index (χ0v) is 11.5. The van der Waals surface area contributed by atoms with Crippen LogP contribution in [0.1, 0.15) is 23.7 Å². The van der Waals surface area contributed by atoms with Crippen LogP contribution in [0.4, 0.5) is 5.69 Å². The fraction of sp³-hybridized carbons (Fsp3) is 0.333. The van der Waals surface area contributed by atoms with Crippen molar-refractivity contribution < 1.29 is 19.4 Å². The second kappa shape index (κ2) is 7.13. The summed E-state index contributed by atoms with van der Waals surface area (Å²) in [6, 6.07) is 4.60. The van der Waals surface area contributed by atoms with Gasteiger partial charge in [0, 0.05) is 11.1 Å². The molecule has 5 nitrogen and oxygen atoms in total. The Morgan fingerprint density at radius 3 is 2.78 bits per heavy atom. The van der Waals surface area contributed by atoms with Crippen molar-refractivity contribution in [3.8, 4) is 0 Å². The molecule has 0 aliphatic carbocycles. The van der Waals surface area contributed by atoms with Gasteiger partial charge in [0.1, 0.15) is 0 Å². The van der Waals surface area contributed by atoms with Gasteiger partial charge in [-0.3, -0.25) is 4.79 Å². The van der Waals surface area contributed by atoms with Crippen molar-refractivity contribution >= 4 is 33.5 Å². The van der Waals surface area contributed by atoms with Crippen molar-refractivity contribution in [2.75, 3.05) is 18.5 Å². The number of benzene rings is 1. The van der Waals surface area contributed by atoms with Gasteiger partial charge in [-0.15, -0.1) is 0 Å². The van der Waals surface area contributed by atoms with Gasteiger partial charge < -0.3 is 15.2 Å². The van der Waals surface area contributed by atoms with Crippen molar-refractivity contribution in [3.63, 3.8) is 0 Å². The highest BCUT2D eigenvalue weighted by atomic mass is 79.9. The third kappa shape index (κ3) is 4.46. The van der Waals surface area contributed by atoms with Gasteiger partial charge in [0.25, 0.3) is 0 Å². The van der Waals surface area contributed by atoms with E-state index in [9.17, 15) is 9.59 Å². The molecule has 0 saturated carbocycles. The van der Waals surface area contributed by atoms with E-state index in [-0.39, 0.29) is 23.6 Å². The number of carbonyl (C=O) groups is 2. The minimum absolute atomic E-state index is 0.0583. The minimum atomic E-state index is -1.08. The molecule has 0 radical (unpaired) electrons. The number of hydrogen-bond acceptors (Lipinski definition) is 3. The summed E-state index contributed by atoms with van der Waals surface area (Å²) in [5.74, 6) is -1.35. The topological polar surface area (TPSA) is 75.6 Å². The van der Waals surface area contributed by atoms with E-state index in [1.54, 1.807) is 12.1 Å². The summed E-state index contributed by atoms with van der Waals surface area (Å²) in [5, 5.41) is 11.6. The maximum atomic E-state index is 11.6. The first-order chi connectivity index (χ1) is 8.54. The van der Waals surface area contributed by atoms with E-state index in [2.05, 4.69) is 21.2 Å². The zero-order chi connectivity index (χ0) is 13.5. The van der Waals surface area contributed by atoms with Gasteiger partial charge >= 0.3 is 5.97 Å². The molecule has 0 atom stereocenters. The molecule has 0 heterocycles. The highest BCUT2D eigenvalue weighted by molar-refractivity contribution is 9.10. The Labute approximate surface area is 113 Å². The number of amides is 1. The van der Waals surface area contributed by atoms with Crippen LogP contribution in [-0.2, 0) is 9.53 Å². The lowest BCUT2D eigenvalue weighted by Gasteiger charge is -2.09. The zero-order valence-electron chi connectivity index (χ0n) is 9.90. The van der Waals surface area contributed by atoms with E-state index in [0.717, 1.165) is 0 Å². The Morgan fingerprint density at radius 2 is 2.17 bits per heavy atom. The van der Waals surface area contributed by atoms with Gasteiger partial charge in [-0.2, -0.15) is 0 Å². The molecule has 18 heavy (non-hydrogen) atoms. The molecular weight excluding hydrogens is 302 g/mol. The summed E-state index contributed by atoms with van der Waals surface area (Å²) < 4.78 is 5.76. The second-order valence-corrected chi connectivity index (χ2v) is 4.41. The molecule has 6 heteroatoms. The van der Waals surface area contributed by atoms with E-state index in [1.165, 1.54) is 6.07 Å². The first-order valence-electron chi connectivity index (χ1n) is 5.45. The predicted molar refractivity (Wildman–Crippen MR) is 70.8 cm³/mol. The molecule has 0 spiro atoms. The Morgan fingerprint density at radius 1 is 1.44 bits per heavy atom. The molecule has 1 rings (SSSR count). The Bertz CT molecular complexity index is 448.